The van der Waals surface area contributed by atoms with Crippen LogP contribution in [0.25, 0.3) is 0 Å². The van der Waals surface area contributed by atoms with Crippen LogP contribution in [0.15, 0.2) is 29.3 Å². The molecular formula is C21H32ClIN6. The second-order valence-corrected chi connectivity index (χ2v) is 7.77. The van der Waals surface area contributed by atoms with Gasteiger partial charge in [0.05, 0.1) is 12.2 Å². The van der Waals surface area contributed by atoms with E-state index >= 15 is 0 Å². The summed E-state index contributed by atoms with van der Waals surface area (Å²) in [5, 5.41) is 8.75. The van der Waals surface area contributed by atoms with Gasteiger partial charge in [-0.25, -0.2) is 4.99 Å². The molecular weight excluding hydrogens is 499 g/mol. The first-order valence-corrected chi connectivity index (χ1v) is 10.3. The summed E-state index contributed by atoms with van der Waals surface area (Å²) < 4.78 is 1.93. The Labute approximate surface area is 196 Å². The van der Waals surface area contributed by atoms with Crippen molar-refractivity contribution in [2.75, 3.05) is 32.7 Å². The molecule has 0 spiro atoms. The first-order chi connectivity index (χ1) is 13.5. The topological polar surface area (TPSA) is 48.7 Å². The molecule has 2 heterocycles. The number of rotatable bonds is 5. The van der Waals surface area contributed by atoms with Gasteiger partial charge < -0.3 is 10.2 Å². The van der Waals surface area contributed by atoms with Crippen molar-refractivity contribution in [1.29, 1.82) is 0 Å². The molecule has 1 aromatic heterocycles. The number of piperazine rings is 1. The van der Waals surface area contributed by atoms with Crippen LogP contribution in [0.1, 0.15) is 29.4 Å². The third-order valence-corrected chi connectivity index (χ3v) is 5.62. The first kappa shape index (κ1) is 24.0. The van der Waals surface area contributed by atoms with E-state index < -0.39 is 0 Å². The van der Waals surface area contributed by atoms with Gasteiger partial charge in [0.2, 0.25) is 0 Å². The van der Waals surface area contributed by atoms with E-state index in [-0.39, 0.29) is 24.0 Å². The summed E-state index contributed by atoms with van der Waals surface area (Å²) in [7, 11) is 1.99. The Hall–Kier alpha value is -1.32. The number of aromatic nitrogens is 2. The number of aliphatic imine (C=N–C) groups is 1. The van der Waals surface area contributed by atoms with Crippen LogP contribution in [0.4, 0.5) is 0 Å². The Balaban J connectivity index is 0.00000300. The van der Waals surface area contributed by atoms with Gasteiger partial charge in [-0.05, 0) is 38.5 Å². The highest BCUT2D eigenvalue weighted by atomic mass is 127. The average molecular weight is 531 g/mol. The van der Waals surface area contributed by atoms with Gasteiger partial charge in [0, 0.05) is 62.6 Å². The number of hydrogen-bond donors (Lipinski definition) is 1. The maximum Gasteiger partial charge on any atom is 0.194 e. The van der Waals surface area contributed by atoms with Crippen LogP contribution < -0.4 is 5.32 Å². The minimum Gasteiger partial charge on any atom is -0.357 e. The fourth-order valence-electron chi connectivity index (χ4n) is 3.59. The van der Waals surface area contributed by atoms with Crippen molar-refractivity contribution in [1.82, 2.24) is 24.9 Å². The summed E-state index contributed by atoms with van der Waals surface area (Å²) in [5.74, 6) is 0.997. The molecule has 1 N–H and O–H groups in total. The number of guanidine groups is 1. The van der Waals surface area contributed by atoms with Crippen LogP contribution in [-0.2, 0) is 20.1 Å². The predicted molar refractivity (Wildman–Crippen MR) is 131 cm³/mol. The molecule has 0 bridgehead atoms. The number of benzene rings is 1. The van der Waals surface area contributed by atoms with E-state index in [0.29, 0.717) is 6.54 Å². The molecule has 1 aliphatic rings. The van der Waals surface area contributed by atoms with Crippen LogP contribution in [-0.4, -0.2) is 58.3 Å². The average Bonchev–Trinajstić information content (AvgIpc) is 2.93. The molecule has 2 aromatic rings. The summed E-state index contributed by atoms with van der Waals surface area (Å²) in [4.78, 5) is 9.75. The highest BCUT2D eigenvalue weighted by Crippen LogP contribution is 2.15. The van der Waals surface area contributed by atoms with Crippen molar-refractivity contribution in [2.24, 2.45) is 12.0 Å². The number of halogens is 2. The molecule has 0 radical (unpaired) electrons. The van der Waals surface area contributed by atoms with Crippen molar-refractivity contribution in [3.8, 4) is 0 Å². The van der Waals surface area contributed by atoms with E-state index in [1.54, 1.807) is 0 Å². The summed E-state index contributed by atoms with van der Waals surface area (Å²) in [6.45, 7) is 12.8. The first-order valence-electron chi connectivity index (χ1n) is 9.97. The number of aryl methyl sites for hydroxylation is 2. The molecule has 1 saturated heterocycles. The molecule has 1 fully saturated rings. The summed E-state index contributed by atoms with van der Waals surface area (Å²) in [6.07, 6.45) is 0. The van der Waals surface area contributed by atoms with E-state index in [9.17, 15) is 0 Å². The van der Waals surface area contributed by atoms with E-state index in [1.165, 1.54) is 16.8 Å². The van der Waals surface area contributed by atoms with Crippen LogP contribution in [0.5, 0.6) is 0 Å². The van der Waals surface area contributed by atoms with Gasteiger partial charge in [0.1, 0.15) is 0 Å². The minimum absolute atomic E-state index is 0. The Kier molecular flexibility index (Phi) is 9.23. The van der Waals surface area contributed by atoms with Crippen LogP contribution >= 0.6 is 35.6 Å². The highest BCUT2D eigenvalue weighted by Gasteiger charge is 2.20. The second kappa shape index (κ2) is 11.2. The van der Waals surface area contributed by atoms with Gasteiger partial charge in [-0.15, -0.1) is 24.0 Å². The standard InChI is InChI=1S/C21H31ClN6.HI/c1-5-23-21(24-14-20-16(2)25-26(4)17(20)3)28-12-10-27(11-13-28)15-18-6-8-19(22)9-7-18;/h6-9H,5,10-15H2,1-4H3,(H,23,24);1H. The van der Waals surface area contributed by atoms with Crippen molar-refractivity contribution in [3.63, 3.8) is 0 Å². The van der Waals surface area contributed by atoms with E-state index in [1.807, 2.05) is 23.9 Å². The quantitative estimate of drug-likeness (QED) is 0.365. The Bertz CT molecular complexity index is 809. The van der Waals surface area contributed by atoms with Gasteiger partial charge in [0.15, 0.2) is 5.96 Å². The lowest BCUT2D eigenvalue weighted by Crippen LogP contribution is -2.52. The Morgan fingerprint density at radius 3 is 2.34 bits per heavy atom. The molecule has 0 aliphatic carbocycles. The van der Waals surface area contributed by atoms with Gasteiger partial charge in [-0.3, -0.25) is 9.58 Å². The number of hydrogen-bond acceptors (Lipinski definition) is 3. The third kappa shape index (κ3) is 6.33. The lowest BCUT2D eigenvalue weighted by molar-refractivity contribution is 0.172. The fraction of sp³-hybridized carbons (Fsp3) is 0.524. The SMILES string of the molecule is CCNC(=NCc1c(C)nn(C)c1C)N1CCN(Cc2ccc(Cl)cc2)CC1.I. The van der Waals surface area contributed by atoms with Crippen LogP contribution in [0, 0.1) is 13.8 Å². The monoisotopic (exact) mass is 530 g/mol. The summed E-state index contributed by atoms with van der Waals surface area (Å²) in [5.41, 5.74) is 4.78. The second-order valence-electron chi connectivity index (χ2n) is 7.33. The molecule has 6 nitrogen and oxygen atoms in total. The van der Waals surface area contributed by atoms with Crippen LogP contribution in [0.3, 0.4) is 0 Å². The molecule has 3 rings (SSSR count). The fourth-order valence-corrected chi connectivity index (χ4v) is 3.72. The van der Waals surface area contributed by atoms with E-state index in [4.69, 9.17) is 16.6 Å². The van der Waals surface area contributed by atoms with E-state index in [0.717, 1.165) is 55.9 Å². The smallest absolute Gasteiger partial charge is 0.194 e. The summed E-state index contributed by atoms with van der Waals surface area (Å²) >= 11 is 5.99. The molecule has 0 saturated carbocycles. The lowest BCUT2D eigenvalue weighted by atomic mass is 10.2. The third-order valence-electron chi connectivity index (χ3n) is 5.37. The Morgan fingerprint density at radius 1 is 1.14 bits per heavy atom. The normalized spacial score (nSPS) is 15.3. The van der Waals surface area contributed by atoms with Crippen molar-refractivity contribution in [2.45, 2.75) is 33.9 Å². The molecule has 1 aromatic carbocycles. The zero-order valence-corrected chi connectivity index (χ0v) is 20.9. The minimum atomic E-state index is 0. The maximum atomic E-state index is 5.99. The Morgan fingerprint density at radius 2 is 1.79 bits per heavy atom. The van der Waals surface area contributed by atoms with E-state index in [2.05, 4.69) is 53.1 Å². The zero-order chi connectivity index (χ0) is 20.1. The molecule has 160 valence electrons. The van der Waals surface area contributed by atoms with Crippen LogP contribution in [0.2, 0.25) is 5.02 Å². The van der Waals surface area contributed by atoms with Gasteiger partial charge >= 0.3 is 0 Å². The lowest BCUT2D eigenvalue weighted by Gasteiger charge is -2.36. The highest BCUT2D eigenvalue weighted by molar-refractivity contribution is 14.0. The molecule has 0 unspecified atom stereocenters. The molecule has 29 heavy (non-hydrogen) atoms. The van der Waals surface area contributed by atoms with Gasteiger partial charge in [-0.1, -0.05) is 23.7 Å². The number of nitrogens with one attached hydrogen (secondary N) is 1. The van der Waals surface area contributed by atoms with Crippen molar-refractivity contribution < 1.29 is 0 Å². The van der Waals surface area contributed by atoms with Gasteiger partial charge in [0.25, 0.3) is 0 Å². The molecule has 0 amide bonds. The molecule has 0 atom stereocenters. The summed E-state index contributed by atoms with van der Waals surface area (Å²) in [6, 6.07) is 8.15. The predicted octanol–water partition coefficient (Wildman–Crippen LogP) is 3.59. The zero-order valence-electron chi connectivity index (χ0n) is 17.8. The number of nitrogens with zero attached hydrogens (tertiary/aromatic N) is 5. The molecule has 1 aliphatic heterocycles. The van der Waals surface area contributed by atoms with Gasteiger partial charge in [-0.2, -0.15) is 5.10 Å². The van der Waals surface area contributed by atoms with Crippen molar-refractivity contribution in [3.05, 3.63) is 51.8 Å². The van der Waals surface area contributed by atoms with Crippen molar-refractivity contribution >= 4 is 41.5 Å². The largest absolute Gasteiger partial charge is 0.357 e. The maximum absolute atomic E-state index is 5.99. The molecule has 8 heteroatoms.